The van der Waals surface area contributed by atoms with Crippen molar-refractivity contribution in [2.45, 2.75) is 0 Å². The molecule has 0 aliphatic carbocycles. The van der Waals surface area contributed by atoms with Crippen LogP contribution in [0.15, 0.2) is 30.0 Å². The topological polar surface area (TPSA) is 122 Å². The Labute approximate surface area is 107 Å². The molecule has 1 rings (SSSR count). The first-order valence-electron chi connectivity index (χ1n) is 4.60. The monoisotopic (exact) mass is 264 g/mol. The number of nitrogens with two attached hydrogens (primary N) is 1. The number of benzene rings is 1. The van der Waals surface area contributed by atoms with Crippen molar-refractivity contribution < 1.29 is 9.72 Å². The molecule has 0 saturated heterocycles. The summed E-state index contributed by atoms with van der Waals surface area (Å²) in [6, 6.07) is 6.98. The zero-order chi connectivity index (χ0) is 13.7. The van der Waals surface area contributed by atoms with Crippen LogP contribution in [0.4, 0.5) is 10.5 Å². The molecule has 0 fully saturated rings. The third kappa shape index (κ3) is 3.23. The van der Waals surface area contributed by atoms with E-state index in [0.29, 0.717) is 5.56 Å². The van der Waals surface area contributed by atoms with E-state index in [2.05, 4.69) is 17.9 Å². The highest BCUT2D eigenvalue weighted by Crippen LogP contribution is 2.17. The molecule has 0 radical (unpaired) electrons. The number of nitrogens with one attached hydrogen (secondary N) is 1. The number of rotatable bonds is 3. The molecule has 18 heavy (non-hydrogen) atoms. The molecule has 7 nitrogen and oxygen atoms in total. The van der Waals surface area contributed by atoms with Gasteiger partial charge in [0.15, 0.2) is 0 Å². The Morgan fingerprint density at radius 3 is 2.39 bits per heavy atom. The molecule has 0 aliphatic rings. The largest absolute Gasteiger partial charge is 0.396 e. The van der Waals surface area contributed by atoms with Gasteiger partial charge in [0.1, 0.15) is 11.8 Å². The van der Waals surface area contributed by atoms with Crippen molar-refractivity contribution in [3.63, 3.8) is 0 Å². The molecular formula is C10H8N4O3S. The fourth-order valence-electron chi connectivity index (χ4n) is 1.17. The highest BCUT2D eigenvalue weighted by atomic mass is 32.1. The second kappa shape index (κ2) is 5.70. The third-order valence-electron chi connectivity index (χ3n) is 2.00. The van der Waals surface area contributed by atoms with Crippen molar-refractivity contribution in [2.24, 2.45) is 5.73 Å². The van der Waals surface area contributed by atoms with E-state index in [1.807, 2.05) is 0 Å². The molecule has 0 aromatic heterocycles. The summed E-state index contributed by atoms with van der Waals surface area (Å²) in [6.45, 7) is 0. The van der Waals surface area contributed by atoms with E-state index in [4.69, 9.17) is 11.0 Å². The number of nitriles is 1. The van der Waals surface area contributed by atoms with E-state index < -0.39 is 10.2 Å². The molecule has 0 saturated carbocycles. The Kier molecular flexibility index (Phi) is 4.28. The van der Waals surface area contributed by atoms with E-state index in [-0.39, 0.29) is 17.1 Å². The Balaban J connectivity index is 3.12. The number of carbonyl (C=O) groups excluding carboxylic acids is 1. The summed E-state index contributed by atoms with van der Waals surface area (Å²) in [7, 11) is 0. The SMILES string of the molecule is N#CC(NC(=O)S)=C(N)c1ccc([N+](=O)[O-])cc1. The fraction of sp³-hybridized carbons (Fsp3) is 0. The number of hydrogen-bond acceptors (Lipinski definition) is 5. The normalized spacial score (nSPS) is 11.1. The summed E-state index contributed by atoms with van der Waals surface area (Å²) < 4.78 is 0. The van der Waals surface area contributed by atoms with Crippen molar-refractivity contribution in [1.29, 1.82) is 5.26 Å². The van der Waals surface area contributed by atoms with Gasteiger partial charge in [-0.05, 0) is 12.1 Å². The Morgan fingerprint density at radius 1 is 1.44 bits per heavy atom. The minimum Gasteiger partial charge on any atom is -0.396 e. The molecule has 1 aromatic rings. The van der Waals surface area contributed by atoms with Crippen molar-refractivity contribution in [1.82, 2.24) is 5.32 Å². The highest BCUT2D eigenvalue weighted by molar-refractivity contribution is 7.96. The van der Waals surface area contributed by atoms with Gasteiger partial charge in [-0.1, -0.05) is 12.6 Å². The van der Waals surface area contributed by atoms with Crippen molar-refractivity contribution in [3.8, 4) is 6.07 Å². The van der Waals surface area contributed by atoms with Crippen LogP contribution in [-0.4, -0.2) is 10.2 Å². The van der Waals surface area contributed by atoms with Gasteiger partial charge in [-0.15, -0.1) is 0 Å². The molecule has 92 valence electrons. The van der Waals surface area contributed by atoms with Crippen LogP contribution in [0.5, 0.6) is 0 Å². The summed E-state index contributed by atoms with van der Waals surface area (Å²) in [5.74, 6) is 0. The lowest BCUT2D eigenvalue weighted by atomic mass is 10.1. The van der Waals surface area contributed by atoms with Gasteiger partial charge < -0.3 is 11.1 Å². The molecule has 0 unspecified atom stereocenters. The molecule has 0 heterocycles. The number of non-ortho nitro benzene ring substituents is 1. The lowest BCUT2D eigenvalue weighted by Crippen LogP contribution is -2.19. The van der Waals surface area contributed by atoms with Crippen molar-refractivity contribution in [3.05, 3.63) is 45.6 Å². The van der Waals surface area contributed by atoms with Gasteiger partial charge in [0.05, 0.1) is 10.6 Å². The van der Waals surface area contributed by atoms with Crippen LogP contribution in [0, 0.1) is 21.4 Å². The van der Waals surface area contributed by atoms with Crippen LogP contribution in [0.1, 0.15) is 5.56 Å². The van der Waals surface area contributed by atoms with E-state index in [1.165, 1.54) is 24.3 Å². The van der Waals surface area contributed by atoms with Gasteiger partial charge in [-0.2, -0.15) is 5.26 Å². The smallest absolute Gasteiger partial charge is 0.280 e. The molecule has 8 heteroatoms. The van der Waals surface area contributed by atoms with Crippen molar-refractivity contribution in [2.75, 3.05) is 0 Å². The van der Waals surface area contributed by atoms with E-state index >= 15 is 0 Å². The zero-order valence-corrected chi connectivity index (χ0v) is 9.85. The second-order valence-electron chi connectivity index (χ2n) is 3.13. The first-order valence-corrected chi connectivity index (χ1v) is 5.05. The van der Waals surface area contributed by atoms with Gasteiger partial charge >= 0.3 is 0 Å². The number of carbonyl (C=O) groups is 1. The summed E-state index contributed by atoms with van der Waals surface area (Å²) in [6.07, 6.45) is 0. The summed E-state index contributed by atoms with van der Waals surface area (Å²) in [4.78, 5) is 20.6. The first-order chi connectivity index (χ1) is 8.45. The van der Waals surface area contributed by atoms with E-state index in [9.17, 15) is 14.9 Å². The molecule has 0 aliphatic heterocycles. The van der Waals surface area contributed by atoms with Crippen LogP contribution >= 0.6 is 12.6 Å². The minimum atomic E-state index is -0.726. The maximum Gasteiger partial charge on any atom is 0.280 e. The number of nitrogens with zero attached hydrogens (tertiary/aromatic N) is 2. The molecule has 1 amide bonds. The third-order valence-corrected chi connectivity index (χ3v) is 2.11. The van der Waals surface area contributed by atoms with Gasteiger partial charge in [0, 0.05) is 17.7 Å². The number of hydrogen-bond donors (Lipinski definition) is 3. The van der Waals surface area contributed by atoms with Gasteiger partial charge in [-0.25, -0.2) is 0 Å². The summed E-state index contributed by atoms with van der Waals surface area (Å²) >= 11 is 3.46. The first kappa shape index (κ1) is 13.5. The van der Waals surface area contributed by atoms with E-state index in [0.717, 1.165) is 0 Å². The fourth-order valence-corrected chi connectivity index (χ4v) is 1.28. The molecular weight excluding hydrogens is 256 g/mol. The lowest BCUT2D eigenvalue weighted by molar-refractivity contribution is -0.384. The maximum atomic E-state index is 10.7. The van der Waals surface area contributed by atoms with Gasteiger partial charge in [0.2, 0.25) is 0 Å². The van der Waals surface area contributed by atoms with Gasteiger partial charge in [-0.3, -0.25) is 14.9 Å². The molecule has 3 N–H and O–H groups in total. The predicted octanol–water partition coefficient (Wildman–Crippen LogP) is 1.39. The average Bonchev–Trinajstić information content (AvgIpc) is 2.35. The van der Waals surface area contributed by atoms with Gasteiger partial charge in [0.25, 0.3) is 10.9 Å². The summed E-state index contributed by atoms with van der Waals surface area (Å²) in [5.41, 5.74) is 5.80. The molecule has 1 aromatic carbocycles. The van der Waals surface area contributed by atoms with Crippen LogP contribution < -0.4 is 11.1 Å². The van der Waals surface area contributed by atoms with Crippen LogP contribution in [-0.2, 0) is 0 Å². The molecule has 0 bridgehead atoms. The average molecular weight is 264 g/mol. The quantitative estimate of drug-likeness (QED) is 0.329. The number of amides is 1. The Bertz CT molecular complexity index is 559. The molecule has 0 atom stereocenters. The van der Waals surface area contributed by atoms with Crippen LogP contribution in [0.3, 0.4) is 0 Å². The summed E-state index contributed by atoms with van der Waals surface area (Å²) in [5, 5.41) is 20.7. The lowest BCUT2D eigenvalue weighted by Gasteiger charge is -2.05. The van der Waals surface area contributed by atoms with E-state index in [1.54, 1.807) is 6.07 Å². The number of thiol groups is 1. The number of nitro benzene ring substituents is 1. The van der Waals surface area contributed by atoms with Crippen LogP contribution in [0.2, 0.25) is 0 Å². The zero-order valence-electron chi connectivity index (χ0n) is 8.95. The maximum absolute atomic E-state index is 10.7. The predicted molar refractivity (Wildman–Crippen MR) is 67.3 cm³/mol. The number of nitro groups is 1. The Hall–Kier alpha value is -2.53. The Morgan fingerprint density at radius 2 is 2.00 bits per heavy atom. The molecule has 0 spiro atoms. The number of allylic oxidation sites excluding steroid dienone is 1. The van der Waals surface area contributed by atoms with Crippen molar-refractivity contribution >= 4 is 29.3 Å². The minimum absolute atomic E-state index is 0.00907. The standard InChI is InChI=1S/C10H8N4O3S/c11-5-8(13-10(15)18)9(12)6-1-3-7(4-2-6)14(16)17/h1-4H,12H2,(H2,13,15,18). The second-order valence-corrected chi connectivity index (χ2v) is 3.54. The van der Waals surface area contributed by atoms with Crippen LogP contribution in [0.25, 0.3) is 5.70 Å². The highest BCUT2D eigenvalue weighted by Gasteiger charge is 2.10.